The van der Waals surface area contributed by atoms with Gasteiger partial charge in [0.1, 0.15) is 5.56 Å². The number of ketones is 1. The summed E-state index contributed by atoms with van der Waals surface area (Å²) in [4.78, 5) is 87.0. The van der Waals surface area contributed by atoms with Gasteiger partial charge in [-0.25, -0.2) is 19.6 Å². The lowest BCUT2D eigenvalue weighted by molar-refractivity contribution is -0.147. The fourth-order valence-electron chi connectivity index (χ4n) is 5.64. The molecular formula is C43H52ClN9O12. The van der Waals surface area contributed by atoms with Gasteiger partial charge in [0.2, 0.25) is 0 Å². The summed E-state index contributed by atoms with van der Waals surface area (Å²) in [6, 6.07) is 15.4. The molecule has 0 spiro atoms. The minimum absolute atomic E-state index is 0.0240. The van der Waals surface area contributed by atoms with Crippen LogP contribution in [0.15, 0.2) is 59.4 Å². The number of hydrogen-bond acceptors (Lipinski definition) is 14. The van der Waals surface area contributed by atoms with E-state index < -0.39 is 58.1 Å². The van der Waals surface area contributed by atoms with Crippen molar-refractivity contribution in [2.45, 2.75) is 61.0 Å². The summed E-state index contributed by atoms with van der Waals surface area (Å²) in [5.74, 6) is -4.82. The number of carbonyl (C=O) groups is 6. The van der Waals surface area contributed by atoms with Crippen LogP contribution in [0.2, 0.25) is 0 Å². The average molecular weight is 922 g/mol. The van der Waals surface area contributed by atoms with Gasteiger partial charge >= 0.3 is 29.8 Å². The summed E-state index contributed by atoms with van der Waals surface area (Å²) in [6.07, 6.45) is 0.698. The topological polar surface area (TPSA) is 338 Å². The van der Waals surface area contributed by atoms with Crippen molar-refractivity contribution in [3.05, 3.63) is 109 Å². The molecule has 1 unspecified atom stereocenters. The highest BCUT2D eigenvalue weighted by Crippen LogP contribution is 2.37. The van der Waals surface area contributed by atoms with Crippen LogP contribution in [0.1, 0.15) is 77.6 Å². The van der Waals surface area contributed by atoms with Crippen molar-refractivity contribution in [3.8, 4) is 5.75 Å². The van der Waals surface area contributed by atoms with Crippen molar-refractivity contribution in [2.24, 2.45) is 5.25 Å². The van der Waals surface area contributed by atoms with Crippen LogP contribution in [0.5, 0.6) is 5.75 Å². The Morgan fingerprint density at radius 3 is 1.89 bits per heavy atom. The van der Waals surface area contributed by atoms with Crippen LogP contribution < -0.4 is 26.8 Å². The molecule has 65 heavy (non-hydrogen) atoms. The number of Topliss-reactive ketones (excluding diaryl/α,β-unsaturated/α-hetero) is 1. The monoisotopic (exact) mass is 921 g/mol. The van der Waals surface area contributed by atoms with Gasteiger partial charge in [-0.15, -0.1) is 0 Å². The number of halogens is 1. The molecule has 0 aliphatic carbocycles. The van der Waals surface area contributed by atoms with E-state index in [9.17, 15) is 43.8 Å². The second-order valence-corrected chi connectivity index (χ2v) is 13.1. The maximum atomic E-state index is 12.0. The fourth-order valence-corrected chi connectivity index (χ4v) is 5.64. The average Bonchev–Trinajstić information content (AvgIpc) is 3.69. The van der Waals surface area contributed by atoms with E-state index in [0.29, 0.717) is 40.7 Å². The van der Waals surface area contributed by atoms with Crippen LogP contribution in [0, 0.1) is 20.8 Å². The molecule has 348 valence electrons. The fraction of sp³-hybridized carbons (Fsp3) is 0.326. The number of aliphatic hydroxyl groups is 1. The smallest absolute Gasteiger partial charge is 0.421 e. The van der Waals surface area contributed by atoms with Crippen molar-refractivity contribution in [2.75, 3.05) is 43.5 Å². The predicted molar refractivity (Wildman–Crippen MR) is 241 cm³/mol. The first-order valence-corrected chi connectivity index (χ1v) is 20.1. The number of rotatable bonds is 9. The largest absolute Gasteiger partial charge is 0.502 e. The highest BCUT2D eigenvalue weighted by atomic mass is 35.5. The first-order chi connectivity index (χ1) is 30.9. The molecule has 1 atom stereocenters. The number of aromatic amines is 1. The second kappa shape index (κ2) is 27.6. The first kappa shape index (κ1) is 55.6. The number of pyridine rings is 1. The number of amides is 2. The molecule has 22 heteroatoms. The number of aromatic nitrogens is 1. The quantitative estimate of drug-likeness (QED) is 0.0239. The van der Waals surface area contributed by atoms with E-state index >= 15 is 0 Å². The first-order valence-electron chi connectivity index (χ1n) is 19.7. The highest BCUT2D eigenvalue weighted by Gasteiger charge is 2.59. The van der Waals surface area contributed by atoms with E-state index in [1.54, 1.807) is 64.1 Å². The van der Waals surface area contributed by atoms with E-state index in [1.807, 2.05) is 26.0 Å². The Morgan fingerprint density at radius 2 is 1.35 bits per heavy atom. The zero-order chi connectivity index (χ0) is 49.4. The number of benzene rings is 3. The molecule has 2 aliphatic heterocycles. The van der Waals surface area contributed by atoms with E-state index in [0.717, 1.165) is 29.8 Å². The predicted octanol–water partition coefficient (Wildman–Crippen LogP) is 3.78. The number of anilines is 2. The Balaban J connectivity index is 0.000000430. The van der Waals surface area contributed by atoms with Crippen LogP contribution in [-0.4, -0.2) is 105 Å². The molecule has 0 saturated carbocycles. The number of fused-ring (bicyclic) bond motifs is 3. The third-order valence-corrected chi connectivity index (χ3v) is 8.50. The van der Waals surface area contributed by atoms with Crippen LogP contribution in [-0.2, 0) is 39.0 Å². The Labute approximate surface area is 378 Å². The van der Waals surface area contributed by atoms with Gasteiger partial charge in [0.15, 0.2) is 5.75 Å². The van der Waals surface area contributed by atoms with E-state index in [1.165, 1.54) is 6.07 Å². The van der Waals surface area contributed by atoms with Crippen LogP contribution in [0.25, 0.3) is 22.0 Å². The van der Waals surface area contributed by atoms with Gasteiger partial charge in [0, 0.05) is 22.2 Å². The van der Waals surface area contributed by atoms with Crippen LogP contribution in [0.4, 0.5) is 11.4 Å². The number of ether oxygens (including phenoxy) is 3. The van der Waals surface area contributed by atoms with Gasteiger partial charge in [-0.2, -0.15) is 9.58 Å². The Bertz CT molecular complexity index is 2530. The number of aryl methyl sites for hydroxylation is 3. The summed E-state index contributed by atoms with van der Waals surface area (Å²) in [5.41, 5.74) is 17.6. The zero-order valence-electron chi connectivity index (χ0n) is 37.0. The highest BCUT2D eigenvalue weighted by molar-refractivity contribution is 6.51. The number of nitrogens with one attached hydrogen (secondary N) is 4. The molecule has 0 saturated heterocycles. The molecule has 0 fully saturated rings. The molecule has 0 radical (unpaired) electrons. The molecular weight excluding hydrogens is 870 g/mol. The summed E-state index contributed by atoms with van der Waals surface area (Å²) < 4.78 is 13.9. The van der Waals surface area contributed by atoms with Gasteiger partial charge < -0.3 is 56.4 Å². The molecule has 1 aromatic heterocycles. The zero-order valence-corrected chi connectivity index (χ0v) is 37.8. The summed E-state index contributed by atoms with van der Waals surface area (Å²) in [5, 5.41) is 32.8. The molecule has 6 rings (SSSR count). The lowest BCUT2D eigenvalue weighted by Crippen LogP contribution is -2.47. The summed E-state index contributed by atoms with van der Waals surface area (Å²) in [7, 11) is 0. The van der Waals surface area contributed by atoms with Gasteiger partial charge in [0.05, 0.1) is 31.1 Å². The van der Waals surface area contributed by atoms with Crippen molar-refractivity contribution in [3.63, 3.8) is 0 Å². The molecule has 3 aromatic carbocycles. The van der Waals surface area contributed by atoms with Crippen molar-refractivity contribution in [1.29, 1.82) is 0 Å². The van der Waals surface area contributed by atoms with Gasteiger partial charge in [-0.3, -0.25) is 19.2 Å². The van der Waals surface area contributed by atoms with Gasteiger partial charge in [-0.05, 0) is 103 Å². The number of carbonyl (C=O) groups excluding carboxylic acids is 6. The summed E-state index contributed by atoms with van der Waals surface area (Å²) >= 11 is 4.14. The lowest BCUT2D eigenvalue weighted by Gasteiger charge is -2.15. The second-order valence-electron chi connectivity index (χ2n) is 13.1. The number of H-pyrrole nitrogens is 1. The SMILES string of the molecule is CCNCC.CCOC(=O)C(=[N+]=[N-])C1(O)C(=O)Nc2ccc(C)cc21.CCOC(=O)C=[N+]=[N-].CCOC(=O)c1c(O)c(=O)[nH]c2ccc(C)cc12.Cc1ccc2c(c1)C(=O)C(=O)N2.NCl. The van der Waals surface area contributed by atoms with Crippen molar-refractivity contribution < 1.29 is 62.8 Å². The van der Waals surface area contributed by atoms with E-state index in [-0.39, 0.29) is 24.3 Å². The molecule has 2 aliphatic rings. The summed E-state index contributed by atoms with van der Waals surface area (Å²) in [6.45, 7) is 17.3. The minimum atomic E-state index is -2.36. The minimum Gasteiger partial charge on any atom is -0.502 e. The standard InChI is InChI=1S/C13H13N3O4.C13H13NO4.C9H7NO2.C4H6N2O2.C4H11N.ClH2N/c1-3-20-11(17)10(16-14)13(19)8-6-7(2)4-5-9(8)15-12(13)18;1-3-18-13(17)10-8-6-7(2)4-5-9(8)14-12(16)11(10)15;1-5-2-3-7-6(4-5)8(11)9(12)10-7;1-2-8-4(7)3-6-5;1-3-5-4-2;1-2/h4-6,19H,3H2,1-2H3,(H,15,18);4-6,15H,3H2,1-2H3,(H,14,16);2-4H,1H3,(H,10,11,12);3H,2H2,1H3;5H,3-4H2,1-2H3;2H2. The molecule has 4 aromatic rings. The molecule has 3 heterocycles. The van der Waals surface area contributed by atoms with Crippen molar-refractivity contribution >= 4 is 81.5 Å². The third kappa shape index (κ3) is 15.1. The maximum Gasteiger partial charge on any atom is 0.421 e. The molecule has 8 N–H and O–H groups in total. The number of esters is 3. The van der Waals surface area contributed by atoms with Crippen LogP contribution in [0.3, 0.4) is 0 Å². The normalized spacial score (nSPS) is 13.3. The Morgan fingerprint density at radius 1 is 0.800 bits per heavy atom. The lowest BCUT2D eigenvalue weighted by atomic mass is 9.89. The van der Waals surface area contributed by atoms with Crippen LogP contribution >= 0.6 is 11.8 Å². The number of nitrogens with two attached hydrogens (primary N) is 1. The number of hydrogen-bond donors (Lipinski definition) is 7. The molecule has 2 amide bonds. The maximum absolute atomic E-state index is 12.0. The van der Waals surface area contributed by atoms with Crippen molar-refractivity contribution in [1.82, 2.24) is 10.3 Å². The number of aromatic hydroxyl groups is 1. The molecule has 21 nitrogen and oxygen atoms in total. The molecule has 0 bridgehead atoms. The van der Waals surface area contributed by atoms with Gasteiger partial charge in [-0.1, -0.05) is 48.7 Å². The van der Waals surface area contributed by atoms with Gasteiger partial charge in [0.25, 0.3) is 28.8 Å². The Hall–Kier alpha value is -7.38. The number of nitrogens with zero attached hydrogens (tertiary/aromatic N) is 4. The third-order valence-electron chi connectivity index (χ3n) is 8.50. The van der Waals surface area contributed by atoms with E-state index in [4.69, 9.17) is 20.5 Å². The Kier molecular flexibility index (Phi) is 23.7. The van der Waals surface area contributed by atoms with E-state index in [2.05, 4.69) is 66.1 Å².